The van der Waals surface area contributed by atoms with Gasteiger partial charge in [-0.25, -0.2) is 0 Å². The van der Waals surface area contributed by atoms with Gasteiger partial charge in [0.1, 0.15) is 0 Å². The highest BCUT2D eigenvalue weighted by molar-refractivity contribution is 5.27. The predicted molar refractivity (Wildman–Crippen MR) is 84.8 cm³/mol. The summed E-state index contributed by atoms with van der Waals surface area (Å²) in [7, 11) is 0. The average molecular weight is 272 g/mol. The minimum Gasteiger partial charge on any atom is -0.314 e. The largest absolute Gasteiger partial charge is 0.314 e. The lowest BCUT2D eigenvalue weighted by molar-refractivity contribution is 0.314. The smallest absolute Gasteiger partial charge is 0.0236 e. The van der Waals surface area contributed by atoms with E-state index in [4.69, 9.17) is 0 Å². The van der Waals surface area contributed by atoms with Gasteiger partial charge < -0.3 is 5.32 Å². The summed E-state index contributed by atoms with van der Waals surface area (Å²) in [5.74, 6) is 0.929. The number of benzene rings is 1. The maximum atomic E-state index is 3.63. The minimum atomic E-state index is 0.825. The van der Waals surface area contributed by atoms with Gasteiger partial charge in [0.25, 0.3) is 0 Å². The van der Waals surface area contributed by atoms with E-state index in [9.17, 15) is 0 Å². The van der Waals surface area contributed by atoms with Crippen LogP contribution >= 0.6 is 0 Å². The zero-order valence-electron chi connectivity index (χ0n) is 12.8. The molecule has 20 heavy (non-hydrogen) atoms. The molecule has 2 fully saturated rings. The van der Waals surface area contributed by atoms with Gasteiger partial charge in [-0.2, -0.15) is 0 Å². The molecule has 0 radical (unpaired) electrons. The van der Waals surface area contributed by atoms with Crippen LogP contribution in [0.15, 0.2) is 24.3 Å². The van der Waals surface area contributed by atoms with Gasteiger partial charge in [-0.05, 0) is 55.8 Å². The first-order valence-electron chi connectivity index (χ1n) is 8.37. The van der Waals surface area contributed by atoms with E-state index in [1.165, 1.54) is 45.2 Å². The molecule has 110 valence electrons. The minimum absolute atomic E-state index is 0.825. The van der Waals surface area contributed by atoms with Crippen molar-refractivity contribution in [3.63, 3.8) is 0 Å². The molecule has 0 spiro atoms. The summed E-state index contributed by atoms with van der Waals surface area (Å²) in [6, 6.07) is 9.85. The summed E-state index contributed by atoms with van der Waals surface area (Å²) in [6.07, 6.45) is 6.67. The van der Waals surface area contributed by atoms with Crippen LogP contribution < -0.4 is 5.32 Å². The molecule has 1 aromatic rings. The number of nitrogens with zero attached hydrogens (tertiary/aromatic N) is 1. The normalized spacial score (nSPS) is 23.4. The van der Waals surface area contributed by atoms with Crippen LogP contribution in [-0.2, 0) is 13.0 Å². The lowest BCUT2D eigenvalue weighted by Crippen LogP contribution is -2.22. The molecule has 2 nitrogen and oxygen atoms in total. The van der Waals surface area contributed by atoms with Gasteiger partial charge in [-0.1, -0.05) is 37.6 Å². The molecule has 2 aliphatic rings. The van der Waals surface area contributed by atoms with E-state index in [-0.39, 0.29) is 0 Å². The molecule has 1 unspecified atom stereocenters. The van der Waals surface area contributed by atoms with Gasteiger partial charge in [0.15, 0.2) is 0 Å². The van der Waals surface area contributed by atoms with Gasteiger partial charge in [0, 0.05) is 19.1 Å². The van der Waals surface area contributed by atoms with Gasteiger partial charge in [0.2, 0.25) is 0 Å². The van der Waals surface area contributed by atoms with Crippen molar-refractivity contribution in [2.45, 2.75) is 51.6 Å². The molecule has 1 atom stereocenters. The molecule has 1 aliphatic carbocycles. The first kappa shape index (κ1) is 14.1. The second-order valence-corrected chi connectivity index (χ2v) is 6.55. The Morgan fingerprint density at radius 1 is 1.15 bits per heavy atom. The van der Waals surface area contributed by atoms with Crippen LogP contribution in [0.4, 0.5) is 0 Å². The van der Waals surface area contributed by atoms with Crippen molar-refractivity contribution in [2.24, 2.45) is 5.92 Å². The van der Waals surface area contributed by atoms with Crippen LogP contribution in [0.1, 0.15) is 43.7 Å². The Labute approximate surface area is 123 Å². The van der Waals surface area contributed by atoms with Crippen molar-refractivity contribution in [2.75, 3.05) is 19.6 Å². The van der Waals surface area contributed by atoms with Gasteiger partial charge in [-0.3, -0.25) is 4.90 Å². The summed E-state index contributed by atoms with van der Waals surface area (Å²) in [5.41, 5.74) is 3.09. The molecule has 1 N–H and O–H groups in total. The Morgan fingerprint density at radius 3 is 2.65 bits per heavy atom. The van der Waals surface area contributed by atoms with Crippen molar-refractivity contribution in [3.8, 4) is 0 Å². The maximum absolute atomic E-state index is 3.63. The fourth-order valence-electron chi connectivity index (χ4n) is 3.28. The van der Waals surface area contributed by atoms with Crippen molar-refractivity contribution in [1.29, 1.82) is 0 Å². The van der Waals surface area contributed by atoms with Gasteiger partial charge in [0.05, 0.1) is 0 Å². The predicted octanol–water partition coefficient (Wildman–Crippen LogP) is 3.21. The fraction of sp³-hybridized carbons (Fsp3) is 0.667. The third-order valence-electron chi connectivity index (χ3n) is 4.86. The zero-order valence-corrected chi connectivity index (χ0v) is 12.8. The topological polar surface area (TPSA) is 15.3 Å². The molecule has 3 rings (SSSR count). The van der Waals surface area contributed by atoms with Crippen molar-refractivity contribution in [3.05, 3.63) is 35.4 Å². The molecular formula is C18H28N2. The molecule has 0 bridgehead atoms. The Bertz CT molecular complexity index is 425. The number of likely N-dealkylation sites (tertiary alicyclic amines) is 1. The Morgan fingerprint density at radius 2 is 1.95 bits per heavy atom. The average Bonchev–Trinajstić information content (AvgIpc) is 3.18. The number of hydrogen-bond acceptors (Lipinski definition) is 2. The highest BCUT2D eigenvalue weighted by Crippen LogP contribution is 2.22. The molecule has 2 heteroatoms. The molecule has 1 aromatic carbocycles. The standard InChI is InChI=1S/C18H28N2/c1-2-15-10-12-20(13-15)14-17-6-4-3-5-16(17)9-11-19-18-7-8-18/h3-6,15,18-19H,2,7-14H2,1H3. The Kier molecular flexibility index (Phi) is 4.74. The van der Waals surface area contributed by atoms with Crippen molar-refractivity contribution < 1.29 is 0 Å². The molecule has 1 saturated carbocycles. The Hall–Kier alpha value is -0.860. The maximum Gasteiger partial charge on any atom is 0.0236 e. The molecule has 0 amide bonds. The molecule has 0 aromatic heterocycles. The molecule has 1 heterocycles. The highest BCUT2D eigenvalue weighted by atomic mass is 15.1. The van der Waals surface area contributed by atoms with Crippen LogP contribution in [0.5, 0.6) is 0 Å². The zero-order chi connectivity index (χ0) is 13.8. The first-order valence-corrected chi connectivity index (χ1v) is 8.37. The van der Waals surface area contributed by atoms with E-state index in [1.54, 1.807) is 11.1 Å². The van der Waals surface area contributed by atoms with Crippen LogP contribution in [0.25, 0.3) is 0 Å². The lowest BCUT2D eigenvalue weighted by Gasteiger charge is -2.18. The van der Waals surface area contributed by atoms with Crippen molar-refractivity contribution in [1.82, 2.24) is 10.2 Å². The van der Waals surface area contributed by atoms with Crippen LogP contribution in [0, 0.1) is 5.92 Å². The Balaban J connectivity index is 1.54. The molecular weight excluding hydrogens is 244 g/mol. The number of nitrogens with one attached hydrogen (secondary N) is 1. The van der Waals surface area contributed by atoms with Gasteiger partial charge in [-0.15, -0.1) is 0 Å². The SMILES string of the molecule is CCC1CCN(Cc2ccccc2CCNC2CC2)C1. The summed E-state index contributed by atoms with van der Waals surface area (Å²) < 4.78 is 0. The second-order valence-electron chi connectivity index (χ2n) is 6.55. The summed E-state index contributed by atoms with van der Waals surface area (Å²) >= 11 is 0. The van der Waals surface area contributed by atoms with E-state index in [1.807, 2.05) is 0 Å². The van der Waals surface area contributed by atoms with E-state index < -0.39 is 0 Å². The van der Waals surface area contributed by atoms with E-state index in [0.29, 0.717) is 0 Å². The number of rotatable bonds is 7. The van der Waals surface area contributed by atoms with E-state index in [0.717, 1.165) is 25.0 Å². The van der Waals surface area contributed by atoms with Crippen LogP contribution in [-0.4, -0.2) is 30.6 Å². The molecule has 1 saturated heterocycles. The monoisotopic (exact) mass is 272 g/mol. The summed E-state index contributed by atoms with van der Waals surface area (Å²) in [4.78, 5) is 2.64. The van der Waals surface area contributed by atoms with Crippen LogP contribution in [0.2, 0.25) is 0 Å². The second kappa shape index (κ2) is 6.73. The third kappa shape index (κ3) is 3.83. The quantitative estimate of drug-likeness (QED) is 0.820. The first-order chi connectivity index (χ1) is 9.85. The third-order valence-corrected chi connectivity index (χ3v) is 4.86. The van der Waals surface area contributed by atoms with E-state index in [2.05, 4.69) is 41.4 Å². The lowest BCUT2D eigenvalue weighted by atomic mass is 10.0. The fourth-order valence-corrected chi connectivity index (χ4v) is 3.28. The number of hydrogen-bond donors (Lipinski definition) is 1. The summed E-state index contributed by atoms with van der Waals surface area (Å²) in [6.45, 7) is 7.19. The highest BCUT2D eigenvalue weighted by Gasteiger charge is 2.22. The van der Waals surface area contributed by atoms with Crippen LogP contribution in [0.3, 0.4) is 0 Å². The van der Waals surface area contributed by atoms with E-state index >= 15 is 0 Å². The molecule has 1 aliphatic heterocycles. The van der Waals surface area contributed by atoms with Gasteiger partial charge >= 0.3 is 0 Å². The summed E-state index contributed by atoms with van der Waals surface area (Å²) in [5, 5.41) is 3.63. The van der Waals surface area contributed by atoms with Crippen molar-refractivity contribution >= 4 is 0 Å².